The van der Waals surface area contributed by atoms with Crippen LogP contribution in [0.2, 0.25) is 0 Å². The molecule has 1 rings (SSSR count). The fraction of sp³-hybridized carbons (Fsp3) is 0.400. The molecule has 0 unspecified atom stereocenters. The average molecular weight is 228 g/mol. The number of benzene rings is 1. The highest BCUT2D eigenvalue weighted by Crippen LogP contribution is 2.15. The first kappa shape index (κ1) is 12.6. The van der Waals surface area contributed by atoms with Gasteiger partial charge in [0, 0.05) is 5.75 Å². The van der Waals surface area contributed by atoms with Crippen LogP contribution in [-0.2, 0) is 5.75 Å². The second-order valence-corrected chi connectivity index (χ2v) is 4.38. The maximum atomic E-state index is 13.4. The Balaban J connectivity index is 2.66. The van der Waals surface area contributed by atoms with Crippen LogP contribution in [0.15, 0.2) is 18.2 Å². The van der Waals surface area contributed by atoms with Crippen molar-refractivity contribution in [1.82, 2.24) is 0 Å². The Bertz CT molecular complexity index is 320. The van der Waals surface area contributed by atoms with E-state index >= 15 is 0 Å². The van der Waals surface area contributed by atoms with Gasteiger partial charge in [0.2, 0.25) is 0 Å². The van der Waals surface area contributed by atoms with Crippen LogP contribution < -0.4 is 5.46 Å². The van der Waals surface area contributed by atoms with Crippen molar-refractivity contribution in [3.63, 3.8) is 0 Å². The first-order valence-electron chi connectivity index (χ1n) is 4.87. The predicted octanol–water partition coefficient (Wildman–Crippen LogP) is 1.15. The molecule has 82 valence electrons. The second-order valence-electron chi connectivity index (χ2n) is 3.28. The molecular formula is C10H14BFO2S. The number of thioether (sulfide) groups is 1. The van der Waals surface area contributed by atoms with Gasteiger partial charge in [-0.1, -0.05) is 19.1 Å². The summed E-state index contributed by atoms with van der Waals surface area (Å²) in [6, 6.07) is 4.31. The molecule has 0 heterocycles. The zero-order valence-corrected chi connectivity index (χ0v) is 9.43. The maximum Gasteiger partial charge on any atom is 0.488 e. The minimum atomic E-state index is -1.60. The monoisotopic (exact) mass is 228 g/mol. The topological polar surface area (TPSA) is 40.5 Å². The van der Waals surface area contributed by atoms with Crippen molar-refractivity contribution < 1.29 is 14.4 Å². The molecule has 0 aliphatic carbocycles. The molecule has 2 nitrogen and oxygen atoms in total. The van der Waals surface area contributed by atoms with Crippen LogP contribution in [0.5, 0.6) is 0 Å². The molecule has 0 aliphatic heterocycles. The Labute approximate surface area is 93.7 Å². The third-order valence-corrected chi connectivity index (χ3v) is 3.19. The SMILES string of the molecule is CCCSCc1ccc(B(O)O)cc1F. The lowest BCUT2D eigenvalue weighted by molar-refractivity contribution is 0.425. The number of hydrogen-bond acceptors (Lipinski definition) is 3. The van der Waals surface area contributed by atoms with Crippen molar-refractivity contribution in [2.75, 3.05) is 5.75 Å². The molecule has 2 N–H and O–H groups in total. The zero-order valence-electron chi connectivity index (χ0n) is 8.61. The fourth-order valence-electron chi connectivity index (χ4n) is 1.17. The summed E-state index contributed by atoms with van der Waals surface area (Å²) in [5.41, 5.74) is 0.801. The van der Waals surface area contributed by atoms with Crippen LogP contribution in [0.4, 0.5) is 4.39 Å². The molecule has 0 bridgehead atoms. The lowest BCUT2D eigenvalue weighted by Crippen LogP contribution is -2.30. The van der Waals surface area contributed by atoms with Crippen LogP contribution in [0.3, 0.4) is 0 Å². The average Bonchev–Trinajstić information content (AvgIpc) is 2.20. The summed E-state index contributed by atoms with van der Waals surface area (Å²) in [5.74, 6) is 1.26. The summed E-state index contributed by atoms with van der Waals surface area (Å²) in [6.45, 7) is 2.08. The van der Waals surface area contributed by atoms with Crippen LogP contribution in [-0.4, -0.2) is 22.9 Å². The van der Waals surface area contributed by atoms with Gasteiger partial charge in [-0.25, -0.2) is 4.39 Å². The molecule has 5 heteroatoms. The molecule has 0 atom stereocenters. The van der Waals surface area contributed by atoms with E-state index in [2.05, 4.69) is 6.92 Å². The van der Waals surface area contributed by atoms with Crippen molar-refractivity contribution >= 4 is 24.3 Å². The van der Waals surface area contributed by atoms with Gasteiger partial charge in [-0.05, 0) is 29.3 Å². The van der Waals surface area contributed by atoms with E-state index in [9.17, 15) is 4.39 Å². The number of rotatable bonds is 5. The van der Waals surface area contributed by atoms with E-state index in [1.54, 1.807) is 17.8 Å². The van der Waals surface area contributed by atoms with E-state index in [-0.39, 0.29) is 11.3 Å². The van der Waals surface area contributed by atoms with Gasteiger partial charge in [-0.3, -0.25) is 0 Å². The van der Waals surface area contributed by atoms with Crippen LogP contribution in [0.1, 0.15) is 18.9 Å². The molecule has 0 aliphatic rings. The highest BCUT2D eigenvalue weighted by Gasteiger charge is 2.13. The largest absolute Gasteiger partial charge is 0.488 e. The lowest BCUT2D eigenvalue weighted by atomic mass is 9.80. The molecule has 0 saturated carbocycles. The van der Waals surface area contributed by atoms with Crippen molar-refractivity contribution in [1.29, 1.82) is 0 Å². The summed E-state index contributed by atoms with van der Waals surface area (Å²) in [4.78, 5) is 0. The van der Waals surface area contributed by atoms with Gasteiger partial charge >= 0.3 is 7.12 Å². The summed E-state index contributed by atoms with van der Waals surface area (Å²) in [7, 11) is -1.60. The third-order valence-electron chi connectivity index (χ3n) is 1.98. The molecule has 0 amide bonds. The smallest absolute Gasteiger partial charge is 0.423 e. The Hall–Kier alpha value is -0.515. The molecule has 0 aromatic heterocycles. The van der Waals surface area contributed by atoms with E-state index < -0.39 is 7.12 Å². The standard InChI is InChI=1S/C10H14BFO2S/c1-2-5-15-7-8-3-4-9(11(13)14)6-10(8)12/h3-4,6,13-14H,2,5,7H2,1H3. The molecule has 1 aromatic rings. The van der Waals surface area contributed by atoms with E-state index in [0.717, 1.165) is 12.2 Å². The Morgan fingerprint density at radius 1 is 1.40 bits per heavy atom. The molecule has 0 radical (unpaired) electrons. The van der Waals surface area contributed by atoms with Crippen LogP contribution in [0, 0.1) is 5.82 Å². The van der Waals surface area contributed by atoms with Gasteiger partial charge < -0.3 is 10.0 Å². The highest BCUT2D eigenvalue weighted by atomic mass is 32.2. The van der Waals surface area contributed by atoms with E-state index in [4.69, 9.17) is 10.0 Å². The molecule has 0 saturated heterocycles. The summed E-state index contributed by atoms with van der Waals surface area (Å²) in [6.07, 6.45) is 1.07. The number of halogens is 1. The van der Waals surface area contributed by atoms with Crippen molar-refractivity contribution in [2.24, 2.45) is 0 Å². The first-order valence-corrected chi connectivity index (χ1v) is 6.02. The summed E-state index contributed by atoms with van der Waals surface area (Å²) < 4.78 is 13.4. The van der Waals surface area contributed by atoms with E-state index in [0.29, 0.717) is 11.3 Å². The second kappa shape index (κ2) is 6.15. The minimum Gasteiger partial charge on any atom is -0.423 e. The Morgan fingerprint density at radius 2 is 2.13 bits per heavy atom. The first-order chi connectivity index (χ1) is 7.15. The molecule has 0 spiro atoms. The highest BCUT2D eigenvalue weighted by molar-refractivity contribution is 7.98. The minimum absolute atomic E-state index is 0.191. The normalized spacial score (nSPS) is 10.4. The van der Waals surface area contributed by atoms with Crippen molar-refractivity contribution in [2.45, 2.75) is 19.1 Å². The summed E-state index contributed by atoms with van der Waals surface area (Å²) in [5, 5.41) is 17.7. The lowest BCUT2D eigenvalue weighted by Gasteiger charge is -2.05. The van der Waals surface area contributed by atoms with Gasteiger partial charge in [-0.2, -0.15) is 11.8 Å². The fourth-order valence-corrected chi connectivity index (χ4v) is 2.05. The van der Waals surface area contributed by atoms with Crippen LogP contribution in [0.25, 0.3) is 0 Å². The molecule has 15 heavy (non-hydrogen) atoms. The van der Waals surface area contributed by atoms with Gasteiger partial charge in [0.25, 0.3) is 0 Å². The molecule has 0 fully saturated rings. The predicted molar refractivity (Wildman–Crippen MR) is 62.7 cm³/mol. The van der Waals surface area contributed by atoms with Gasteiger partial charge in [0.05, 0.1) is 0 Å². The molecule has 1 aromatic carbocycles. The third kappa shape index (κ3) is 3.85. The van der Waals surface area contributed by atoms with E-state index in [1.807, 2.05) is 0 Å². The Morgan fingerprint density at radius 3 is 2.67 bits per heavy atom. The van der Waals surface area contributed by atoms with E-state index in [1.165, 1.54) is 12.1 Å². The van der Waals surface area contributed by atoms with Gasteiger partial charge in [0.1, 0.15) is 5.82 Å². The zero-order chi connectivity index (χ0) is 11.3. The van der Waals surface area contributed by atoms with Crippen molar-refractivity contribution in [3.8, 4) is 0 Å². The quantitative estimate of drug-likeness (QED) is 0.586. The Kier molecular flexibility index (Phi) is 5.15. The summed E-state index contributed by atoms with van der Waals surface area (Å²) >= 11 is 1.67. The van der Waals surface area contributed by atoms with Crippen LogP contribution >= 0.6 is 11.8 Å². The van der Waals surface area contributed by atoms with Gasteiger partial charge in [0.15, 0.2) is 0 Å². The van der Waals surface area contributed by atoms with Crippen molar-refractivity contribution in [3.05, 3.63) is 29.6 Å². The number of hydrogen-bond donors (Lipinski definition) is 2. The molecular weight excluding hydrogens is 214 g/mol. The van der Waals surface area contributed by atoms with Gasteiger partial charge in [-0.15, -0.1) is 0 Å². The maximum absolute atomic E-state index is 13.4.